The Kier molecular flexibility index (Phi) is 7.35. The number of urea groups is 1. The van der Waals surface area contributed by atoms with E-state index in [1.807, 2.05) is 17.0 Å². The molecule has 1 aliphatic heterocycles. The van der Waals surface area contributed by atoms with Crippen molar-refractivity contribution in [1.82, 2.24) is 9.80 Å². The molecule has 3 rings (SSSR count). The lowest BCUT2D eigenvalue weighted by molar-refractivity contribution is -0.130. The van der Waals surface area contributed by atoms with Crippen LogP contribution in [-0.4, -0.2) is 46.9 Å². The lowest BCUT2D eigenvalue weighted by Crippen LogP contribution is -2.53. The molecule has 1 saturated heterocycles. The topological polar surface area (TPSA) is 52.7 Å². The monoisotopic (exact) mass is 385 g/mol. The summed E-state index contributed by atoms with van der Waals surface area (Å²) in [6.07, 6.45) is 9.87. The van der Waals surface area contributed by atoms with Gasteiger partial charge in [-0.15, -0.1) is 0 Å². The Morgan fingerprint density at radius 2 is 1.54 bits per heavy atom. The van der Waals surface area contributed by atoms with Crippen molar-refractivity contribution < 1.29 is 9.59 Å². The van der Waals surface area contributed by atoms with E-state index in [1.54, 1.807) is 6.92 Å². The number of benzene rings is 1. The van der Waals surface area contributed by atoms with Crippen molar-refractivity contribution in [1.29, 1.82) is 0 Å². The fraction of sp³-hybridized carbons (Fsp3) is 0.652. The highest BCUT2D eigenvalue weighted by Gasteiger charge is 2.34. The van der Waals surface area contributed by atoms with Crippen LogP contribution in [0.25, 0.3) is 0 Å². The van der Waals surface area contributed by atoms with Crippen LogP contribution < -0.4 is 5.32 Å². The molecule has 1 aliphatic carbocycles. The molecule has 1 N–H and O–H groups in total. The second kappa shape index (κ2) is 9.94. The highest BCUT2D eigenvalue weighted by Crippen LogP contribution is 2.28. The standard InChI is InChI=1S/C23H35N3O2/c1-3-19-10-12-20(13-11-19)24-23(28)26(21-8-6-4-5-7-9-21)22-14-16-25(17-15-22)18(2)27/h10-13,21-22H,3-9,14-17H2,1-2H3,(H,24,28). The molecule has 1 aromatic rings. The number of nitrogens with one attached hydrogen (secondary N) is 1. The summed E-state index contributed by atoms with van der Waals surface area (Å²) in [6.45, 7) is 5.27. The van der Waals surface area contributed by atoms with Gasteiger partial charge in [0.1, 0.15) is 0 Å². The highest BCUT2D eigenvalue weighted by atomic mass is 16.2. The van der Waals surface area contributed by atoms with E-state index in [0.717, 1.165) is 50.9 Å². The first-order valence-electron chi connectivity index (χ1n) is 11.0. The maximum atomic E-state index is 13.3. The van der Waals surface area contributed by atoms with Crippen LogP contribution >= 0.6 is 0 Å². The Bertz CT molecular complexity index is 642. The Labute approximate surface area is 169 Å². The number of amides is 3. The second-order valence-corrected chi connectivity index (χ2v) is 8.27. The molecule has 5 heteroatoms. The molecule has 28 heavy (non-hydrogen) atoms. The van der Waals surface area contributed by atoms with E-state index >= 15 is 0 Å². The van der Waals surface area contributed by atoms with Gasteiger partial charge in [-0.05, 0) is 49.8 Å². The maximum absolute atomic E-state index is 13.3. The molecule has 2 aliphatic rings. The molecule has 154 valence electrons. The molecule has 0 bridgehead atoms. The number of carbonyl (C=O) groups is 2. The average molecular weight is 386 g/mol. The maximum Gasteiger partial charge on any atom is 0.322 e. The first-order valence-corrected chi connectivity index (χ1v) is 11.0. The molecule has 1 saturated carbocycles. The van der Waals surface area contributed by atoms with Crippen LogP contribution in [0.5, 0.6) is 0 Å². The zero-order valence-corrected chi connectivity index (χ0v) is 17.5. The molecular formula is C23H35N3O2. The van der Waals surface area contributed by atoms with E-state index in [1.165, 1.54) is 31.2 Å². The van der Waals surface area contributed by atoms with E-state index in [2.05, 4.69) is 29.3 Å². The predicted octanol–water partition coefficient (Wildman–Crippen LogP) is 4.82. The first kappa shape index (κ1) is 20.7. The van der Waals surface area contributed by atoms with Crippen LogP contribution in [0, 0.1) is 0 Å². The van der Waals surface area contributed by atoms with Gasteiger partial charge in [0.05, 0.1) is 0 Å². The van der Waals surface area contributed by atoms with Crippen LogP contribution in [0.4, 0.5) is 10.5 Å². The minimum Gasteiger partial charge on any atom is -0.343 e. The third kappa shape index (κ3) is 5.27. The van der Waals surface area contributed by atoms with Gasteiger partial charge in [0.25, 0.3) is 0 Å². The largest absolute Gasteiger partial charge is 0.343 e. The van der Waals surface area contributed by atoms with Gasteiger partial charge >= 0.3 is 6.03 Å². The van der Waals surface area contributed by atoms with Crippen LogP contribution in [-0.2, 0) is 11.2 Å². The van der Waals surface area contributed by atoms with Gasteiger partial charge in [0.2, 0.25) is 5.91 Å². The molecule has 0 radical (unpaired) electrons. The number of anilines is 1. The number of hydrogen-bond donors (Lipinski definition) is 1. The Morgan fingerprint density at radius 3 is 2.07 bits per heavy atom. The van der Waals surface area contributed by atoms with Gasteiger partial charge in [-0.1, -0.05) is 44.7 Å². The van der Waals surface area contributed by atoms with E-state index < -0.39 is 0 Å². The predicted molar refractivity (Wildman–Crippen MR) is 113 cm³/mol. The molecule has 0 spiro atoms. The summed E-state index contributed by atoms with van der Waals surface area (Å²) >= 11 is 0. The molecule has 0 aromatic heterocycles. The third-order valence-electron chi connectivity index (χ3n) is 6.37. The number of piperidine rings is 1. The first-order chi connectivity index (χ1) is 13.6. The fourth-order valence-electron chi connectivity index (χ4n) is 4.64. The van der Waals surface area contributed by atoms with Gasteiger partial charge in [0.15, 0.2) is 0 Å². The quantitative estimate of drug-likeness (QED) is 0.756. The lowest BCUT2D eigenvalue weighted by atomic mass is 9.98. The van der Waals surface area contributed by atoms with E-state index in [0.29, 0.717) is 6.04 Å². The SMILES string of the molecule is CCc1ccc(NC(=O)N(C2CCCCCC2)C2CCN(C(C)=O)CC2)cc1. The Hall–Kier alpha value is -2.04. The lowest BCUT2D eigenvalue weighted by Gasteiger charge is -2.42. The van der Waals surface area contributed by atoms with Crippen molar-refractivity contribution in [3.63, 3.8) is 0 Å². The molecular weight excluding hydrogens is 350 g/mol. The molecule has 2 fully saturated rings. The zero-order chi connectivity index (χ0) is 19.9. The van der Waals surface area contributed by atoms with Crippen LogP contribution in [0.2, 0.25) is 0 Å². The van der Waals surface area contributed by atoms with E-state index in [4.69, 9.17) is 0 Å². The average Bonchev–Trinajstić information content (AvgIpc) is 2.98. The number of aryl methyl sites for hydroxylation is 1. The van der Waals surface area contributed by atoms with Gasteiger partial charge in [-0.2, -0.15) is 0 Å². The third-order valence-corrected chi connectivity index (χ3v) is 6.37. The van der Waals surface area contributed by atoms with Crippen molar-refractivity contribution in [3.8, 4) is 0 Å². The van der Waals surface area contributed by atoms with Gasteiger partial charge < -0.3 is 15.1 Å². The normalized spacial score (nSPS) is 19.1. The van der Waals surface area contributed by atoms with Crippen molar-refractivity contribution in [3.05, 3.63) is 29.8 Å². The summed E-state index contributed by atoms with van der Waals surface area (Å²) in [7, 11) is 0. The Morgan fingerprint density at radius 1 is 0.964 bits per heavy atom. The van der Waals surface area contributed by atoms with Crippen molar-refractivity contribution in [2.24, 2.45) is 0 Å². The van der Waals surface area contributed by atoms with Crippen LogP contribution in [0.15, 0.2) is 24.3 Å². The summed E-state index contributed by atoms with van der Waals surface area (Å²) < 4.78 is 0. The van der Waals surface area contributed by atoms with E-state index in [9.17, 15) is 9.59 Å². The Balaban J connectivity index is 1.72. The summed E-state index contributed by atoms with van der Waals surface area (Å²) in [5.74, 6) is 0.139. The smallest absolute Gasteiger partial charge is 0.322 e. The molecule has 1 heterocycles. The van der Waals surface area contributed by atoms with Crippen molar-refractivity contribution >= 4 is 17.6 Å². The molecule has 1 aromatic carbocycles. The van der Waals surface area contributed by atoms with Crippen LogP contribution in [0.1, 0.15) is 70.8 Å². The molecule has 3 amide bonds. The zero-order valence-electron chi connectivity index (χ0n) is 17.5. The minimum absolute atomic E-state index is 0.0254. The second-order valence-electron chi connectivity index (χ2n) is 8.27. The minimum atomic E-state index is 0.0254. The number of carbonyl (C=O) groups excluding carboxylic acids is 2. The summed E-state index contributed by atoms with van der Waals surface area (Å²) in [4.78, 5) is 29.1. The number of hydrogen-bond acceptors (Lipinski definition) is 2. The summed E-state index contributed by atoms with van der Waals surface area (Å²) in [6, 6.07) is 8.71. The molecule has 5 nitrogen and oxygen atoms in total. The van der Waals surface area contributed by atoms with Gasteiger partial charge in [0, 0.05) is 37.8 Å². The van der Waals surface area contributed by atoms with Gasteiger partial charge in [-0.25, -0.2) is 4.79 Å². The van der Waals surface area contributed by atoms with Crippen molar-refractivity contribution in [2.45, 2.75) is 83.7 Å². The van der Waals surface area contributed by atoms with Crippen LogP contribution in [0.3, 0.4) is 0 Å². The number of likely N-dealkylation sites (tertiary alicyclic amines) is 1. The summed E-state index contributed by atoms with van der Waals surface area (Å²) in [5, 5.41) is 3.15. The fourth-order valence-corrected chi connectivity index (χ4v) is 4.64. The van der Waals surface area contributed by atoms with Gasteiger partial charge in [-0.3, -0.25) is 4.79 Å². The van der Waals surface area contributed by atoms with Crippen molar-refractivity contribution in [2.75, 3.05) is 18.4 Å². The molecule has 0 unspecified atom stereocenters. The highest BCUT2D eigenvalue weighted by molar-refractivity contribution is 5.89. The number of rotatable bonds is 4. The molecule has 0 atom stereocenters. The number of nitrogens with zero attached hydrogens (tertiary/aromatic N) is 2. The summed E-state index contributed by atoms with van der Waals surface area (Å²) in [5.41, 5.74) is 2.14. The van der Waals surface area contributed by atoms with E-state index in [-0.39, 0.29) is 18.0 Å².